The SMILES string of the molecule is CC1Oc2ccc(NC(=O)c3ccc(-c4cn[nH]c4)cn3)cc2NC1=O. The molecule has 0 radical (unpaired) electrons. The van der Waals surface area contributed by atoms with E-state index in [1.165, 1.54) is 0 Å². The van der Waals surface area contributed by atoms with Crippen LogP contribution in [0.3, 0.4) is 0 Å². The molecule has 1 aromatic carbocycles. The van der Waals surface area contributed by atoms with Crippen molar-refractivity contribution in [3.8, 4) is 16.9 Å². The molecule has 26 heavy (non-hydrogen) atoms. The Labute approximate surface area is 148 Å². The zero-order valence-corrected chi connectivity index (χ0v) is 13.8. The summed E-state index contributed by atoms with van der Waals surface area (Å²) in [6, 6.07) is 8.51. The van der Waals surface area contributed by atoms with Gasteiger partial charge in [-0.05, 0) is 31.2 Å². The van der Waals surface area contributed by atoms with Crippen LogP contribution < -0.4 is 15.4 Å². The number of nitrogens with one attached hydrogen (secondary N) is 3. The third-order valence-corrected chi connectivity index (χ3v) is 4.00. The van der Waals surface area contributed by atoms with Crippen molar-refractivity contribution in [2.24, 2.45) is 0 Å². The maximum absolute atomic E-state index is 12.4. The number of aromatic amines is 1. The molecule has 3 aromatic rings. The van der Waals surface area contributed by atoms with Crippen LogP contribution in [0.25, 0.3) is 11.1 Å². The molecule has 3 heterocycles. The zero-order chi connectivity index (χ0) is 18.1. The Hall–Kier alpha value is -3.68. The van der Waals surface area contributed by atoms with Gasteiger partial charge in [-0.15, -0.1) is 0 Å². The highest BCUT2D eigenvalue weighted by Gasteiger charge is 2.23. The molecule has 1 unspecified atom stereocenters. The maximum Gasteiger partial charge on any atom is 0.274 e. The van der Waals surface area contributed by atoms with Crippen LogP contribution in [0.15, 0.2) is 48.9 Å². The maximum atomic E-state index is 12.4. The average molecular weight is 349 g/mol. The second kappa shape index (κ2) is 6.32. The number of hydrogen-bond donors (Lipinski definition) is 3. The highest BCUT2D eigenvalue weighted by Crippen LogP contribution is 2.32. The number of benzene rings is 1. The first-order chi connectivity index (χ1) is 12.6. The van der Waals surface area contributed by atoms with E-state index in [4.69, 9.17) is 4.74 Å². The van der Waals surface area contributed by atoms with Crippen LogP contribution in [0.4, 0.5) is 11.4 Å². The molecule has 0 bridgehead atoms. The summed E-state index contributed by atoms with van der Waals surface area (Å²) >= 11 is 0. The normalized spacial score (nSPS) is 15.6. The fraction of sp³-hybridized carbons (Fsp3) is 0.111. The summed E-state index contributed by atoms with van der Waals surface area (Å²) in [5, 5.41) is 12.1. The molecule has 8 nitrogen and oxygen atoms in total. The molecule has 8 heteroatoms. The Balaban J connectivity index is 1.50. The smallest absolute Gasteiger partial charge is 0.274 e. The molecule has 0 saturated heterocycles. The molecule has 2 aromatic heterocycles. The van der Waals surface area contributed by atoms with E-state index in [0.29, 0.717) is 17.1 Å². The molecule has 3 N–H and O–H groups in total. The molecule has 1 aliphatic heterocycles. The number of aromatic nitrogens is 3. The number of rotatable bonds is 3. The van der Waals surface area contributed by atoms with Gasteiger partial charge >= 0.3 is 0 Å². The van der Waals surface area contributed by atoms with Gasteiger partial charge < -0.3 is 15.4 Å². The minimum atomic E-state index is -0.541. The molecular weight excluding hydrogens is 334 g/mol. The number of hydrogen-bond acceptors (Lipinski definition) is 5. The Kier molecular flexibility index (Phi) is 3.85. The Morgan fingerprint density at radius 2 is 2.08 bits per heavy atom. The summed E-state index contributed by atoms with van der Waals surface area (Å²) in [6.45, 7) is 1.67. The van der Waals surface area contributed by atoms with Crippen LogP contribution in [0.5, 0.6) is 5.75 Å². The van der Waals surface area contributed by atoms with E-state index in [9.17, 15) is 9.59 Å². The third kappa shape index (κ3) is 3.00. The number of pyridine rings is 1. The summed E-state index contributed by atoms with van der Waals surface area (Å²) in [4.78, 5) is 28.3. The van der Waals surface area contributed by atoms with Gasteiger partial charge in [0.25, 0.3) is 11.8 Å². The van der Waals surface area contributed by atoms with Gasteiger partial charge in [-0.2, -0.15) is 5.10 Å². The first-order valence-corrected chi connectivity index (χ1v) is 7.98. The quantitative estimate of drug-likeness (QED) is 0.673. The van der Waals surface area contributed by atoms with E-state index in [1.54, 1.807) is 55.8 Å². The van der Waals surface area contributed by atoms with Crippen molar-refractivity contribution in [2.45, 2.75) is 13.0 Å². The summed E-state index contributed by atoms with van der Waals surface area (Å²) in [5.74, 6) is -0.00437. The van der Waals surface area contributed by atoms with E-state index < -0.39 is 6.10 Å². The minimum Gasteiger partial charge on any atom is -0.479 e. The number of fused-ring (bicyclic) bond motifs is 1. The van der Waals surface area contributed by atoms with E-state index in [2.05, 4.69) is 25.8 Å². The van der Waals surface area contributed by atoms with Crippen LogP contribution in [0.1, 0.15) is 17.4 Å². The lowest BCUT2D eigenvalue weighted by molar-refractivity contribution is -0.122. The van der Waals surface area contributed by atoms with Gasteiger partial charge in [-0.3, -0.25) is 19.7 Å². The summed E-state index contributed by atoms with van der Waals surface area (Å²) in [6.07, 6.45) is 4.51. The average Bonchev–Trinajstić information content (AvgIpc) is 3.18. The summed E-state index contributed by atoms with van der Waals surface area (Å²) < 4.78 is 5.49. The molecule has 1 atom stereocenters. The summed E-state index contributed by atoms with van der Waals surface area (Å²) in [7, 11) is 0. The Morgan fingerprint density at radius 1 is 1.19 bits per heavy atom. The molecule has 4 rings (SSSR count). The van der Waals surface area contributed by atoms with E-state index in [-0.39, 0.29) is 17.5 Å². The van der Waals surface area contributed by atoms with Crippen molar-refractivity contribution in [1.82, 2.24) is 15.2 Å². The number of carbonyl (C=O) groups is 2. The van der Waals surface area contributed by atoms with Crippen molar-refractivity contribution in [2.75, 3.05) is 10.6 Å². The topological polar surface area (TPSA) is 109 Å². The van der Waals surface area contributed by atoms with Gasteiger partial charge in [0.1, 0.15) is 11.4 Å². The molecule has 0 aliphatic carbocycles. The molecule has 1 aliphatic rings. The second-order valence-electron chi connectivity index (χ2n) is 5.83. The minimum absolute atomic E-state index is 0.225. The largest absolute Gasteiger partial charge is 0.479 e. The standard InChI is InChI=1S/C18H15N5O3/c1-10-17(24)23-15-6-13(3-5-16(15)26-10)22-18(25)14-4-2-11(7-19-14)12-8-20-21-9-12/h2-10H,1H3,(H,20,21)(H,22,25)(H,23,24). The van der Waals surface area contributed by atoms with Crippen molar-refractivity contribution < 1.29 is 14.3 Å². The molecule has 0 spiro atoms. The first-order valence-electron chi connectivity index (χ1n) is 7.98. The Bertz CT molecular complexity index is 967. The number of amides is 2. The lowest BCUT2D eigenvalue weighted by Gasteiger charge is -2.23. The fourth-order valence-corrected chi connectivity index (χ4v) is 2.59. The van der Waals surface area contributed by atoms with E-state index in [1.807, 2.05) is 0 Å². The van der Waals surface area contributed by atoms with E-state index >= 15 is 0 Å². The van der Waals surface area contributed by atoms with Crippen LogP contribution >= 0.6 is 0 Å². The number of nitrogens with zero attached hydrogens (tertiary/aromatic N) is 2. The number of ether oxygens (including phenoxy) is 1. The Morgan fingerprint density at radius 3 is 2.81 bits per heavy atom. The van der Waals surface area contributed by atoms with Gasteiger partial charge in [-0.25, -0.2) is 0 Å². The van der Waals surface area contributed by atoms with Crippen LogP contribution in [-0.4, -0.2) is 33.1 Å². The van der Waals surface area contributed by atoms with Crippen molar-refractivity contribution in [3.05, 3.63) is 54.6 Å². The lowest BCUT2D eigenvalue weighted by atomic mass is 10.1. The van der Waals surface area contributed by atoms with Gasteiger partial charge in [0.15, 0.2) is 6.10 Å². The van der Waals surface area contributed by atoms with Gasteiger partial charge in [0.05, 0.1) is 11.9 Å². The predicted molar refractivity (Wildman–Crippen MR) is 94.9 cm³/mol. The van der Waals surface area contributed by atoms with Crippen LogP contribution in [-0.2, 0) is 4.79 Å². The lowest BCUT2D eigenvalue weighted by Crippen LogP contribution is -2.34. The molecule has 130 valence electrons. The highest BCUT2D eigenvalue weighted by molar-refractivity contribution is 6.04. The van der Waals surface area contributed by atoms with Gasteiger partial charge in [0, 0.05) is 29.2 Å². The van der Waals surface area contributed by atoms with Crippen molar-refractivity contribution in [1.29, 1.82) is 0 Å². The van der Waals surface area contributed by atoms with E-state index in [0.717, 1.165) is 11.1 Å². The van der Waals surface area contributed by atoms with Crippen LogP contribution in [0, 0.1) is 0 Å². The van der Waals surface area contributed by atoms with Crippen molar-refractivity contribution >= 4 is 23.2 Å². The fourth-order valence-electron chi connectivity index (χ4n) is 2.59. The highest BCUT2D eigenvalue weighted by atomic mass is 16.5. The molecule has 0 saturated carbocycles. The van der Waals surface area contributed by atoms with Gasteiger partial charge in [-0.1, -0.05) is 6.07 Å². The predicted octanol–water partition coefficient (Wildman–Crippen LogP) is 2.44. The first kappa shape index (κ1) is 15.8. The monoisotopic (exact) mass is 349 g/mol. The number of anilines is 2. The second-order valence-corrected chi connectivity index (χ2v) is 5.83. The zero-order valence-electron chi connectivity index (χ0n) is 13.8. The summed E-state index contributed by atoms with van der Waals surface area (Å²) in [5.41, 5.74) is 3.09. The molecule has 0 fully saturated rings. The molecule has 2 amide bonds. The number of H-pyrrole nitrogens is 1. The molecular formula is C18H15N5O3. The van der Waals surface area contributed by atoms with Gasteiger partial charge in [0.2, 0.25) is 0 Å². The number of carbonyl (C=O) groups excluding carboxylic acids is 2. The van der Waals surface area contributed by atoms with Crippen LogP contribution in [0.2, 0.25) is 0 Å². The third-order valence-electron chi connectivity index (χ3n) is 4.00. The van der Waals surface area contributed by atoms with Crippen molar-refractivity contribution in [3.63, 3.8) is 0 Å².